The standard InChI is InChI=1S/C8H13N3O2S/c1-14(12,13)11-6-2-3-8(11)7-4-5-9-10-7/h4-5,8H,2-3,6H2,1H3,(H,9,10)/t8-/m0/s1. The summed E-state index contributed by atoms with van der Waals surface area (Å²) in [6.07, 6.45) is 4.68. The highest BCUT2D eigenvalue weighted by molar-refractivity contribution is 7.88. The van der Waals surface area contributed by atoms with E-state index in [1.165, 1.54) is 10.6 Å². The molecule has 1 aliphatic rings. The third-order valence-corrected chi connectivity index (χ3v) is 3.80. The Morgan fingerprint density at radius 3 is 3.00 bits per heavy atom. The SMILES string of the molecule is CS(=O)(=O)N1CCC[C@H]1c1ccn[nH]1. The second-order valence-electron chi connectivity index (χ2n) is 3.54. The molecule has 1 aromatic heterocycles. The van der Waals surface area contributed by atoms with E-state index in [0.717, 1.165) is 18.5 Å². The molecule has 1 fully saturated rings. The van der Waals surface area contributed by atoms with E-state index in [9.17, 15) is 8.42 Å². The average Bonchev–Trinajstić information content (AvgIpc) is 2.73. The van der Waals surface area contributed by atoms with Crippen LogP contribution < -0.4 is 0 Å². The predicted molar refractivity (Wildman–Crippen MR) is 52.1 cm³/mol. The molecule has 1 atom stereocenters. The number of hydrogen-bond donors (Lipinski definition) is 1. The molecule has 0 radical (unpaired) electrons. The fourth-order valence-corrected chi connectivity index (χ4v) is 3.04. The molecule has 2 rings (SSSR count). The lowest BCUT2D eigenvalue weighted by Gasteiger charge is -2.20. The van der Waals surface area contributed by atoms with Crippen molar-refractivity contribution < 1.29 is 8.42 Å². The van der Waals surface area contributed by atoms with Crippen molar-refractivity contribution >= 4 is 10.0 Å². The molecular formula is C8H13N3O2S. The van der Waals surface area contributed by atoms with Crippen molar-refractivity contribution in [3.8, 4) is 0 Å². The topological polar surface area (TPSA) is 66.1 Å². The Bertz CT molecular complexity index is 398. The molecule has 1 aliphatic heterocycles. The Labute approximate surface area is 83.2 Å². The summed E-state index contributed by atoms with van der Waals surface area (Å²) < 4.78 is 24.4. The van der Waals surface area contributed by atoms with E-state index in [1.807, 2.05) is 6.07 Å². The van der Waals surface area contributed by atoms with E-state index in [2.05, 4.69) is 10.2 Å². The third-order valence-electron chi connectivity index (χ3n) is 2.51. The van der Waals surface area contributed by atoms with Crippen LogP contribution in [0.5, 0.6) is 0 Å². The van der Waals surface area contributed by atoms with Gasteiger partial charge in [0.05, 0.1) is 18.0 Å². The lowest BCUT2D eigenvalue weighted by Crippen LogP contribution is -2.29. The molecule has 0 aliphatic carbocycles. The van der Waals surface area contributed by atoms with Crippen LogP contribution in [0.1, 0.15) is 24.6 Å². The molecule has 0 amide bonds. The molecule has 1 saturated heterocycles. The molecule has 0 bridgehead atoms. The molecule has 5 nitrogen and oxygen atoms in total. The van der Waals surface area contributed by atoms with E-state index in [1.54, 1.807) is 6.20 Å². The van der Waals surface area contributed by atoms with Gasteiger partial charge in [0.1, 0.15) is 0 Å². The Morgan fingerprint density at radius 1 is 1.64 bits per heavy atom. The van der Waals surface area contributed by atoms with Gasteiger partial charge in [-0.1, -0.05) is 0 Å². The maximum Gasteiger partial charge on any atom is 0.211 e. The highest BCUT2D eigenvalue weighted by Gasteiger charge is 2.33. The summed E-state index contributed by atoms with van der Waals surface area (Å²) in [4.78, 5) is 0. The smallest absolute Gasteiger partial charge is 0.211 e. The van der Waals surface area contributed by atoms with Crippen LogP contribution >= 0.6 is 0 Å². The Hall–Kier alpha value is -0.880. The Balaban J connectivity index is 2.28. The fourth-order valence-electron chi connectivity index (χ4n) is 1.90. The van der Waals surface area contributed by atoms with Gasteiger partial charge in [-0.25, -0.2) is 8.42 Å². The maximum atomic E-state index is 11.4. The summed E-state index contributed by atoms with van der Waals surface area (Å²) in [6.45, 7) is 0.614. The van der Waals surface area contributed by atoms with E-state index < -0.39 is 10.0 Å². The molecule has 0 unspecified atom stereocenters. The lowest BCUT2D eigenvalue weighted by molar-refractivity contribution is 0.394. The monoisotopic (exact) mass is 215 g/mol. The first kappa shape index (κ1) is 9.67. The number of aromatic nitrogens is 2. The van der Waals surface area contributed by atoms with E-state index in [-0.39, 0.29) is 6.04 Å². The number of H-pyrrole nitrogens is 1. The summed E-state index contributed by atoms with van der Waals surface area (Å²) in [7, 11) is -3.09. The van der Waals surface area contributed by atoms with Gasteiger partial charge in [0, 0.05) is 12.7 Å². The van der Waals surface area contributed by atoms with E-state index in [0.29, 0.717) is 6.54 Å². The number of sulfonamides is 1. The normalized spacial score (nSPS) is 24.2. The van der Waals surface area contributed by atoms with Gasteiger partial charge >= 0.3 is 0 Å². The van der Waals surface area contributed by atoms with Crippen LogP contribution in [0, 0.1) is 0 Å². The summed E-state index contributed by atoms with van der Waals surface area (Å²) >= 11 is 0. The van der Waals surface area contributed by atoms with Crippen LogP contribution in [0.3, 0.4) is 0 Å². The molecule has 14 heavy (non-hydrogen) atoms. The largest absolute Gasteiger partial charge is 0.281 e. The highest BCUT2D eigenvalue weighted by atomic mass is 32.2. The highest BCUT2D eigenvalue weighted by Crippen LogP contribution is 2.32. The van der Waals surface area contributed by atoms with Gasteiger partial charge in [0.2, 0.25) is 10.0 Å². The van der Waals surface area contributed by atoms with Crippen molar-refractivity contribution in [2.75, 3.05) is 12.8 Å². The lowest BCUT2D eigenvalue weighted by atomic mass is 10.2. The second kappa shape index (κ2) is 3.36. The van der Waals surface area contributed by atoms with E-state index >= 15 is 0 Å². The number of aromatic amines is 1. The zero-order chi connectivity index (χ0) is 10.2. The summed E-state index contributed by atoms with van der Waals surface area (Å²) in [6, 6.07) is 1.78. The summed E-state index contributed by atoms with van der Waals surface area (Å²) in [5, 5.41) is 6.66. The third kappa shape index (κ3) is 1.67. The van der Waals surface area contributed by atoms with Crippen LogP contribution in [-0.2, 0) is 10.0 Å². The summed E-state index contributed by atoms with van der Waals surface area (Å²) in [5.74, 6) is 0. The van der Waals surface area contributed by atoms with Crippen LogP contribution in [0.4, 0.5) is 0 Å². The van der Waals surface area contributed by atoms with E-state index in [4.69, 9.17) is 0 Å². The van der Waals surface area contributed by atoms with Gasteiger partial charge in [-0.15, -0.1) is 0 Å². The van der Waals surface area contributed by atoms with Crippen LogP contribution in [0.15, 0.2) is 12.3 Å². The molecule has 0 saturated carbocycles. The minimum atomic E-state index is -3.09. The summed E-state index contributed by atoms with van der Waals surface area (Å²) in [5.41, 5.74) is 0.882. The molecule has 78 valence electrons. The van der Waals surface area contributed by atoms with Gasteiger partial charge in [-0.2, -0.15) is 9.40 Å². The maximum absolute atomic E-state index is 11.4. The first-order valence-electron chi connectivity index (χ1n) is 4.55. The van der Waals surface area contributed by atoms with Crippen molar-refractivity contribution in [1.82, 2.24) is 14.5 Å². The molecule has 0 aromatic carbocycles. The number of rotatable bonds is 2. The van der Waals surface area contributed by atoms with Crippen molar-refractivity contribution in [3.05, 3.63) is 18.0 Å². The number of nitrogens with zero attached hydrogens (tertiary/aromatic N) is 2. The molecule has 2 heterocycles. The molecule has 6 heteroatoms. The molecule has 0 spiro atoms. The van der Waals surface area contributed by atoms with Gasteiger partial charge in [-0.3, -0.25) is 5.10 Å². The van der Waals surface area contributed by atoms with Gasteiger partial charge in [0.25, 0.3) is 0 Å². The average molecular weight is 215 g/mol. The van der Waals surface area contributed by atoms with Crippen LogP contribution in [0.2, 0.25) is 0 Å². The Kier molecular flexibility index (Phi) is 2.32. The van der Waals surface area contributed by atoms with Crippen molar-refractivity contribution in [2.45, 2.75) is 18.9 Å². The number of nitrogens with one attached hydrogen (secondary N) is 1. The minimum absolute atomic E-state index is 0.0486. The van der Waals surface area contributed by atoms with Crippen LogP contribution in [0.25, 0.3) is 0 Å². The quantitative estimate of drug-likeness (QED) is 0.781. The minimum Gasteiger partial charge on any atom is -0.281 e. The fraction of sp³-hybridized carbons (Fsp3) is 0.625. The molecular weight excluding hydrogens is 202 g/mol. The first-order valence-corrected chi connectivity index (χ1v) is 6.40. The second-order valence-corrected chi connectivity index (χ2v) is 5.48. The van der Waals surface area contributed by atoms with Crippen molar-refractivity contribution in [3.63, 3.8) is 0 Å². The predicted octanol–water partition coefficient (Wildman–Crippen LogP) is 0.506. The van der Waals surface area contributed by atoms with Gasteiger partial charge in [-0.05, 0) is 18.9 Å². The van der Waals surface area contributed by atoms with Crippen molar-refractivity contribution in [1.29, 1.82) is 0 Å². The van der Waals surface area contributed by atoms with Crippen LogP contribution in [-0.4, -0.2) is 35.7 Å². The van der Waals surface area contributed by atoms with Crippen molar-refractivity contribution in [2.24, 2.45) is 0 Å². The molecule has 1 aromatic rings. The zero-order valence-electron chi connectivity index (χ0n) is 7.97. The number of hydrogen-bond acceptors (Lipinski definition) is 3. The zero-order valence-corrected chi connectivity index (χ0v) is 8.79. The van der Waals surface area contributed by atoms with Gasteiger partial charge < -0.3 is 0 Å². The molecule has 1 N–H and O–H groups in total. The first-order chi connectivity index (χ1) is 6.59. The van der Waals surface area contributed by atoms with Gasteiger partial charge in [0.15, 0.2) is 0 Å². The Morgan fingerprint density at radius 2 is 2.43 bits per heavy atom.